The van der Waals surface area contributed by atoms with E-state index in [0.717, 1.165) is 12.1 Å². The van der Waals surface area contributed by atoms with Crippen molar-refractivity contribution in [1.29, 1.82) is 0 Å². The molecule has 0 saturated heterocycles. The van der Waals surface area contributed by atoms with Gasteiger partial charge in [-0.2, -0.15) is 13.2 Å². The van der Waals surface area contributed by atoms with Gasteiger partial charge in [-0.05, 0) is 42.5 Å². The molecule has 0 N–H and O–H groups in total. The van der Waals surface area contributed by atoms with Crippen LogP contribution in [0, 0.1) is 11.6 Å². The molecule has 0 atom stereocenters. The predicted molar refractivity (Wildman–Crippen MR) is 93.1 cm³/mol. The molecule has 0 aliphatic rings. The summed E-state index contributed by atoms with van der Waals surface area (Å²) in [5, 5.41) is 7.75. The average Bonchev–Trinajstić information content (AvgIpc) is 2.95. The topological polar surface area (TPSA) is 34.0 Å². The molecule has 0 spiro atoms. The highest BCUT2D eigenvalue weighted by atomic mass is 35.5. The van der Waals surface area contributed by atoms with E-state index in [0.29, 0.717) is 11.8 Å². The minimum Gasteiger partial charge on any atom is -0.314 e. The first-order valence-electron chi connectivity index (χ1n) is 7.44. The van der Waals surface area contributed by atoms with Crippen LogP contribution in [-0.4, -0.2) is 21.8 Å². The second-order valence-electron chi connectivity index (χ2n) is 5.61. The van der Waals surface area contributed by atoms with Crippen LogP contribution in [0.3, 0.4) is 0 Å². The Labute approximate surface area is 157 Å². The van der Waals surface area contributed by atoms with Crippen molar-refractivity contribution in [2.75, 3.05) is 11.9 Å². The molecule has 10 heteroatoms. The van der Waals surface area contributed by atoms with Gasteiger partial charge in [0.1, 0.15) is 11.6 Å². The Morgan fingerprint density at radius 2 is 1.52 bits per heavy atom. The third-order valence-electron chi connectivity index (χ3n) is 3.89. The number of hydrogen-bond donors (Lipinski definition) is 0. The van der Waals surface area contributed by atoms with Gasteiger partial charge in [-0.25, -0.2) is 8.78 Å². The molecule has 0 radical (unpaired) electrons. The van der Waals surface area contributed by atoms with Crippen molar-refractivity contribution in [3.63, 3.8) is 0 Å². The molecule has 1 heterocycles. The lowest BCUT2D eigenvalue weighted by molar-refractivity contribution is -0.137. The second kappa shape index (κ2) is 7.51. The molecule has 0 bridgehead atoms. The zero-order valence-corrected chi connectivity index (χ0v) is 14.9. The lowest BCUT2D eigenvalue weighted by Crippen LogP contribution is -2.15. The zero-order valence-electron chi connectivity index (χ0n) is 14.1. The maximum absolute atomic E-state index is 13.3. The van der Waals surface area contributed by atoms with Crippen LogP contribution in [-0.2, 0) is 13.2 Å². The van der Waals surface area contributed by atoms with Crippen molar-refractivity contribution in [1.82, 2.24) is 14.8 Å². The van der Waals surface area contributed by atoms with Crippen LogP contribution in [0.5, 0.6) is 0 Å². The summed E-state index contributed by atoms with van der Waals surface area (Å²) < 4.78 is 67.4. The largest absolute Gasteiger partial charge is 0.417 e. The fourth-order valence-electron chi connectivity index (χ4n) is 2.57. The summed E-state index contributed by atoms with van der Waals surface area (Å²) in [7, 11) is 3.12. The van der Waals surface area contributed by atoms with Gasteiger partial charge in [0.2, 0.25) is 5.95 Å². The molecular weight excluding hydrogens is 391 g/mol. The van der Waals surface area contributed by atoms with Crippen LogP contribution < -0.4 is 4.90 Å². The smallest absolute Gasteiger partial charge is 0.314 e. The number of halogens is 6. The summed E-state index contributed by atoms with van der Waals surface area (Å²) in [6.45, 7) is 0. The van der Waals surface area contributed by atoms with Gasteiger partial charge >= 0.3 is 6.18 Å². The molecule has 4 nitrogen and oxygen atoms in total. The van der Waals surface area contributed by atoms with Crippen LogP contribution in [0.25, 0.3) is 11.4 Å². The lowest BCUT2D eigenvalue weighted by atomic mass is 10.1. The summed E-state index contributed by atoms with van der Waals surface area (Å²) in [5.41, 5.74) is -0.847. The maximum atomic E-state index is 13.3. The van der Waals surface area contributed by atoms with E-state index in [1.54, 1.807) is 11.9 Å². The van der Waals surface area contributed by atoms with E-state index < -0.39 is 23.4 Å². The van der Waals surface area contributed by atoms with Gasteiger partial charge in [0, 0.05) is 25.3 Å². The van der Waals surface area contributed by atoms with Crippen LogP contribution in [0.2, 0.25) is 0 Å². The molecule has 0 unspecified atom stereocenters. The normalized spacial score (nSPS) is 11.2. The van der Waals surface area contributed by atoms with Gasteiger partial charge in [0.25, 0.3) is 0 Å². The number of hydrogen-bond acceptors (Lipinski definition) is 3. The Balaban J connectivity index is 0.00000261. The van der Waals surface area contributed by atoms with Gasteiger partial charge < -0.3 is 4.90 Å². The first-order valence-corrected chi connectivity index (χ1v) is 7.44. The Morgan fingerprint density at radius 3 is 2.11 bits per heavy atom. The van der Waals surface area contributed by atoms with E-state index in [9.17, 15) is 22.0 Å². The Hall–Kier alpha value is -2.68. The van der Waals surface area contributed by atoms with E-state index in [2.05, 4.69) is 10.2 Å². The lowest BCUT2D eigenvalue weighted by Gasteiger charge is -2.18. The highest BCUT2D eigenvalue weighted by Gasteiger charge is 2.35. The first-order chi connectivity index (χ1) is 12.2. The molecule has 0 saturated carbocycles. The zero-order chi connectivity index (χ0) is 19.1. The van der Waals surface area contributed by atoms with E-state index in [1.807, 2.05) is 0 Å². The highest BCUT2D eigenvalue weighted by molar-refractivity contribution is 5.85. The monoisotopic (exact) mass is 404 g/mol. The van der Waals surface area contributed by atoms with Crippen molar-refractivity contribution >= 4 is 24.0 Å². The van der Waals surface area contributed by atoms with Crippen LogP contribution in [0.4, 0.5) is 33.6 Å². The number of nitrogens with zero attached hydrogens (tertiary/aromatic N) is 4. The van der Waals surface area contributed by atoms with Crippen molar-refractivity contribution in [2.24, 2.45) is 7.05 Å². The molecule has 3 aromatic rings. The number of anilines is 2. The molecule has 27 heavy (non-hydrogen) atoms. The Morgan fingerprint density at radius 1 is 0.926 bits per heavy atom. The Bertz CT molecular complexity index is 937. The predicted octanol–water partition coefficient (Wildman–Crippen LogP) is 4.97. The third-order valence-corrected chi connectivity index (χ3v) is 3.89. The minimum absolute atomic E-state index is 0. The van der Waals surface area contributed by atoms with Crippen LogP contribution in [0.15, 0.2) is 42.5 Å². The minimum atomic E-state index is -4.74. The SMILES string of the molecule is CN(c1ccc(F)cc1)c1nnc(-c2ccc(F)cc2C(F)(F)F)n1C.Cl. The molecular formula is C17H14ClF5N4. The van der Waals surface area contributed by atoms with Crippen molar-refractivity contribution in [3.8, 4) is 11.4 Å². The molecule has 0 fully saturated rings. The van der Waals surface area contributed by atoms with Crippen molar-refractivity contribution in [3.05, 3.63) is 59.7 Å². The van der Waals surface area contributed by atoms with E-state index in [4.69, 9.17) is 0 Å². The highest BCUT2D eigenvalue weighted by Crippen LogP contribution is 2.37. The quantitative estimate of drug-likeness (QED) is 0.578. The van der Waals surface area contributed by atoms with Gasteiger partial charge in [-0.1, -0.05) is 0 Å². The van der Waals surface area contributed by atoms with Crippen molar-refractivity contribution < 1.29 is 22.0 Å². The second-order valence-corrected chi connectivity index (χ2v) is 5.61. The molecule has 1 aromatic heterocycles. The molecule has 3 rings (SSSR count). The third kappa shape index (κ3) is 4.02. The van der Waals surface area contributed by atoms with E-state index in [1.165, 1.54) is 35.9 Å². The number of benzene rings is 2. The number of alkyl halides is 3. The summed E-state index contributed by atoms with van der Waals surface area (Å²) in [6, 6.07) is 7.89. The van der Waals surface area contributed by atoms with Crippen LogP contribution >= 0.6 is 12.4 Å². The summed E-state index contributed by atoms with van der Waals surface area (Å²) in [6.07, 6.45) is -4.74. The summed E-state index contributed by atoms with van der Waals surface area (Å²) >= 11 is 0. The Kier molecular flexibility index (Phi) is 5.74. The average molecular weight is 405 g/mol. The number of aromatic nitrogens is 3. The summed E-state index contributed by atoms with van der Waals surface area (Å²) in [4.78, 5) is 1.55. The maximum Gasteiger partial charge on any atom is 0.417 e. The van der Waals surface area contributed by atoms with Gasteiger partial charge in [-0.15, -0.1) is 22.6 Å². The first kappa shape index (κ1) is 20.6. The fourth-order valence-corrected chi connectivity index (χ4v) is 2.57. The van der Waals surface area contributed by atoms with E-state index >= 15 is 0 Å². The van der Waals surface area contributed by atoms with Crippen molar-refractivity contribution in [2.45, 2.75) is 6.18 Å². The van der Waals surface area contributed by atoms with E-state index in [-0.39, 0.29) is 29.7 Å². The van der Waals surface area contributed by atoms with Gasteiger partial charge in [-0.3, -0.25) is 4.57 Å². The summed E-state index contributed by atoms with van der Waals surface area (Å²) in [5.74, 6) is -1.24. The van der Waals surface area contributed by atoms with Gasteiger partial charge in [0.15, 0.2) is 5.82 Å². The molecule has 2 aromatic carbocycles. The van der Waals surface area contributed by atoms with Gasteiger partial charge in [0.05, 0.1) is 5.56 Å². The van der Waals surface area contributed by atoms with Crippen LogP contribution in [0.1, 0.15) is 5.56 Å². The fraction of sp³-hybridized carbons (Fsp3) is 0.176. The molecule has 0 aliphatic carbocycles. The standard InChI is InChI=1S/C17H13F5N4.ClH/c1-25(12-6-3-10(18)4-7-12)16-24-23-15(26(16)2)13-8-5-11(19)9-14(13)17(20,21)22;/h3-9H,1-2H3;1H. The molecule has 144 valence electrons. The molecule has 0 amide bonds. The number of rotatable bonds is 3. The molecule has 0 aliphatic heterocycles.